The number of aryl methyl sites for hydroxylation is 1. The highest BCUT2D eigenvalue weighted by atomic mass is 19.1. The average molecular weight is 279 g/mol. The lowest BCUT2D eigenvalue weighted by atomic mass is 9.75. The Morgan fingerprint density at radius 3 is 2.20 bits per heavy atom. The van der Waals surface area contributed by atoms with E-state index in [1.807, 2.05) is 6.07 Å². The number of nitrogens with one attached hydrogen (secondary N) is 1. The topological polar surface area (TPSA) is 12.0 Å². The number of benzene rings is 1. The van der Waals surface area contributed by atoms with Gasteiger partial charge in [-0.1, -0.05) is 19.9 Å². The Morgan fingerprint density at radius 1 is 1.10 bits per heavy atom. The molecule has 0 aliphatic heterocycles. The van der Waals surface area contributed by atoms with Crippen molar-refractivity contribution in [2.45, 2.75) is 66.3 Å². The van der Waals surface area contributed by atoms with Crippen molar-refractivity contribution in [1.29, 1.82) is 0 Å². The fraction of sp³-hybridized carbons (Fsp3) is 0.667. The number of hydrogen-bond acceptors (Lipinski definition) is 1. The zero-order valence-electron chi connectivity index (χ0n) is 13.9. The van der Waals surface area contributed by atoms with Crippen LogP contribution in [0.4, 0.5) is 4.39 Å². The minimum absolute atomic E-state index is 0.118. The summed E-state index contributed by atoms with van der Waals surface area (Å²) in [5.74, 6) is -0.129. The third-order valence-electron chi connectivity index (χ3n) is 4.37. The largest absolute Gasteiger partial charge is 0.312 e. The van der Waals surface area contributed by atoms with Crippen LogP contribution < -0.4 is 5.32 Å². The molecular formula is C18H30FN. The smallest absolute Gasteiger partial charge is 0.123 e. The van der Waals surface area contributed by atoms with Gasteiger partial charge in [-0.2, -0.15) is 0 Å². The van der Waals surface area contributed by atoms with E-state index in [2.05, 4.69) is 46.9 Å². The molecule has 1 aromatic carbocycles. The number of halogens is 1. The molecule has 0 atom stereocenters. The fourth-order valence-corrected chi connectivity index (χ4v) is 2.50. The molecule has 0 radical (unpaired) electrons. The molecule has 0 aromatic heterocycles. The predicted octanol–water partition coefficient (Wildman–Crippen LogP) is 4.87. The van der Waals surface area contributed by atoms with Crippen molar-refractivity contribution in [1.82, 2.24) is 5.32 Å². The van der Waals surface area contributed by atoms with Gasteiger partial charge in [0, 0.05) is 12.1 Å². The van der Waals surface area contributed by atoms with Crippen molar-refractivity contribution in [3.8, 4) is 0 Å². The van der Waals surface area contributed by atoms with Crippen LogP contribution in [0.3, 0.4) is 0 Å². The van der Waals surface area contributed by atoms with Gasteiger partial charge in [-0.3, -0.25) is 0 Å². The zero-order valence-corrected chi connectivity index (χ0v) is 13.9. The second-order valence-electron chi connectivity index (χ2n) is 7.06. The van der Waals surface area contributed by atoms with E-state index in [-0.39, 0.29) is 16.8 Å². The molecule has 114 valence electrons. The molecule has 0 bridgehead atoms. The summed E-state index contributed by atoms with van der Waals surface area (Å²) in [4.78, 5) is 0. The molecule has 1 aromatic rings. The first-order valence-corrected chi connectivity index (χ1v) is 7.71. The number of rotatable bonds is 6. The van der Waals surface area contributed by atoms with Gasteiger partial charge in [0.15, 0.2) is 0 Å². The van der Waals surface area contributed by atoms with Gasteiger partial charge in [-0.05, 0) is 75.6 Å². The van der Waals surface area contributed by atoms with Crippen LogP contribution >= 0.6 is 0 Å². The first-order valence-electron chi connectivity index (χ1n) is 7.71. The van der Waals surface area contributed by atoms with Gasteiger partial charge in [0.25, 0.3) is 0 Å². The maximum Gasteiger partial charge on any atom is 0.123 e. The third kappa shape index (κ3) is 4.90. The molecule has 0 aliphatic rings. The molecular weight excluding hydrogens is 249 g/mol. The van der Waals surface area contributed by atoms with Crippen molar-refractivity contribution in [3.05, 3.63) is 35.1 Å². The summed E-state index contributed by atoms with van der Waals surface area (Å²) in [5.41, 5.74) is 2.65. The second kappa shape index (κ2) is 6.71. The van der Waals surface area contributed by atoms with Crippen LogP contribution in [0, 0.1) is 18.2 Å². The third-order valence-corrected chi connectivity index (χ3v) is 4.37. The highest BCUT2D eigenvalue weighted by Crippen LogP contribution is 2.32. The lowest BCUT2D eigenvalue weighted by Crippen LogP contribution is -2.44. The van der Waals surface area contributed by atoms with Crippen LogP contribution in [-0.2, 0) is 6.42 Å². The monoisotopic (exact) mass is 279 g/mol. The molecule has 20 heavy (non-hydrogen) atoms. The van der Waals surface area contributed by atoms with E-state index < -0.39 is 0 Å². The van der Waals surface area contributed by atoms with Crippen LogP contribution in [0.5, 0.6) is 0 Å². The second-order valence-corrected chi connectivity index (χ2v) is 7.06. The Hall–Kier alpha value is -0.890. The quantitative estimate of drug-likeness (QED) is 0.783. The normalized spacial score (nSPS) is 12.8. The van der Waals surface area contributed by atoms with Crippen LogP contribution in [0.15, 0.2) is 18.2 Å². The van der Waals surface area contributed by atoms with E-state index in [9.17, 15) is 4.39 Å². The molecule has 0 amide bonds. The van der Waals surface area contributed by atoms with Gasteiger partial charge in [0.05, 0.1) is 0 Å². The maximum absolute atomic E-state index is 13.5. The Bertz CT molecular complexity index is 428. The van der Waals surface area contributed by atoms with E-state index in [4.69, 9.17) is 0 Å². The van der Waals surface area contributed by atoms with Crippen molar-refractivity contribution in [2.75, 3.05) is 6.54 Å². The van der Waals surface area contributed by atoms with E-state index in [0.29, 0.717) is 0 Å². The van der Waals surface area contributed by atoms with Crippen LogP contribution in [0.25, 0.3) is 0 Å². The molecule has 0 aliphatic carbocycles. The molecule has 0 unspecified atom stereocenters. The van der Waals surface area contributed by atoms with Gasteiger partial charge in [0.2, 0.25) is 0 Å². The Morgan fingerprint density at radius 2 is 1.70 bits per heavy atom. The highest BCUT2D eigenvalue weighted by molar-refractivity contribution is 5.27. The summed E-state index contributed by atoms with van der Waals surface area (Å²) in [5, 5.41) is 3.63. The Labute approximate surface area is 124 Å². The molecule has 0 heterocycles. The molecule has 0 saturated heterocycles. The van der Waals surface area contributed by atoms with Crippen LogP contribution in [-0.4, -0.2) is 12.1 Å². The van der Waals surface area contributed by atoms with E-state index in [1.54, 1.807) is 12.1 Å². The average Bonchev–Trinajstić information content (AvgIpc) is 2.38. The predicted molar refractivity (Wildman–Crippen MR) is 85.6 cm³/mol. The molecule has 0 fully saturated rings. The number of hydrogen-bond donors (Lipinski definition) is 1. The first kappa shape index (κ1) is 17.2. The SMILES string of the molecule is CCC(CC)(CNC(C)(C)C)Cc1cc(F)ccc1C. The van der Waals surface area contributed by atoms with E-state index >= 15 is 0 Å². The van der Waals surface area contributed by atoms with E-state index in [0.717, 1.165) is 31.4 Å². The van der Waals surface area contributed by atoms with Crippen LogP contribution in [0.1, 0.15) is 58.6 Å². The summed E-state index contributed by atoms with van der Waals surface area (Å²) in [6, 6.07) is 5.14. The lowest BCUT2D eigenvalue weighted by molar-refractivity contribution is 0.220. The van der Waals surface area contributed by atoms with Crippen molar-refractivity contribution in [3.63, 3.8) is 0 Å². The van der Waals surface area contributed by atoms with Gasteiger partial charge in [-0.25, -0.2) is 4.39 Å². The lowest BCUT2D eigenvalue weighted by Gasteiger charge is -2.36. The Balaban J connectivity index is 2.93. The van der Waals surface area contributed by atoms with Crippen molar-refractivity contribution in [2.24, 2.45) is 5.41 Å². The van der Waals surface area contributed by atoms with Crippen molar-refractivity contribution >= 4 is 0 Å². The summed E-state index contributed by atoms with van der Waals surface area (Å²) in [6.45, 7) is 14.1. The standard InChI is InChI=1S/C18H30FN/c1-7-18(8-2,13-20-17(4,5)6)12-15-11-16(19)10-9-14(15)3/h9-11,20H,7-8,12-13H2,1-6H3. The summed E-state index contributed by atoms with van der Waals surface area (Å²) in [6.07, 6.45) is 3.14. The Kier molecular flexibility index (Phi) is 5.76. The first-order chi connectivity index (χ1) is 9.21. The van der Waals surface area contributed by atoms with Gasteiger partial charge < -0.3 is 5.32 Å². The molecule has 2 heteroatoms. The van der Waals surface area contributed by atoms with Gasteiger partial charge in [0.1, 0.15) is 5.82 Å². The summed E-state index contributed by atoms with van der Waals surface area (Å²) >= 11 is 0. The highest BCUT2D eigenvalue weighted by Gasteiger charge is 2.28. The fourth-order valence-electron chi connectivity index (χ4n) is 2.50. The minimum atomic E-state index is -0.129. The summed E-state index contributed by atoms with van der Waals surface area (Å²) < 4.78 is 13.5. The molecule has 1 N–H and O–H groups in total. The van der Waals surface area contributed by atoms with E-state index in [1.165, 1.54) is 5.56 Å². The molecule has 1 nitrogen and oxygen atoms in total. The zero-order chi connectivity index (χ0) is 15.4. The van der Waals surface area contributed by atoms with Gasteiger partial charge >= 0.3 is 0 Å². The van der Waals surface area contributed by atoms with Crippen molar-refractivity contribution < 1.29 is 4.39 Å². The maximum atomic E-state index is 13.5. The summed E-state index contributed by atoms with van der Waals surface area (Å²) in [7, 11) is 0. The minimum Gasteiger partial charge on any atom is -0.312 e. The molecule has 0 saturated carbocycles. The van der Waals surface area contributed by atoms with Gasteiger partial charge in [-0.15, -0.1) is 0 Å². The van der Waals surface area contributed by atoms with Crippen LogP contribution in [0.2, 0.25) is 0 Å². The molecule has 1 rings (SSSR count). The molecule has 0 spiro atoms.